The van der Waals surface area contributed by atoms with E-state index in [0.717, 1.165) is 16.9 Å². The largest absolute Gasteiger partial charge is 0.494 e. The highest BCUT2D eigenvalue weighted by Gasteiger charge is 2.27. The van der Waals surface area contributed by atoms with E-state index < -0.39 is 23.7 Å². The quantitative estimate of drug-likeness (QED) is 0.417. The summed E-state index contributed by atoms with van der Waals surface area (Å²) in [4.78, 5) is 39.7. The molecule has 0 aromatic heterocycles. The molecule has 41 heavy (non-hydrogen) atoms. The van der Waals surface area contributed by atoms with Crippen LogP contribution in [0.5, 0.6) is 5.75 Å². The van der Waals surface area contributed by atoms with Crippen molar-refractivity contribution in [2.75, 3.05) is 6.61 Å². The Bertz CT molecular complexity index is 1330. The van der Waals surface area contributed by atoms with Crippen LogP contribution in [0.25, 0.3) is 0 Å². The molecular weight excluding hydrogens is 526 g/mol. The van der Waals surface area contributed by atoms with Gasteiger partial charge >= 0.3 is 0 Å². The standard InChI is InChI=1S/C33H36F2N2O4/c34-27-16-12-23(13-17-27)11-15-25-21-28(38)18-14-24-6-5-8-29(20-24)41-19-4-3-10-31(37-32(25)39)33(40)36-22-26-7-1-2-9-30(26)35/h1-2,5-9,12-13,16-17,20,25,31H,3-4,10-11,14-15,18-19,21-22H2,(H,36,40)(H,37,39)/t25-,31+/m1/s1. The van der Waals surface area contributed by atoms with Crippen molar-refractivity contribution in [3.05, 3.63) is 101 Å². The summed E-state index contributed by atoms with van der Waals surface area (Å²) in [6.07, 6.45) is 3.33. The summed E-state index contributed by atoms with van der Waals surface area (Å²) in [6, 6.07) is 19.1. The molecule has 1 heterocycles. The minimum atomic E-state index is -0.853. The number of halogens is 2. The van der Waals surface area contributed by atoms with Gasteiger partial charge in [0.25, 0.3) is 0 Å². The molecule has 8 heteroatoms. The molecule has 2 amide bonds. The first-order valence-corrected chi connectivity index (χ1v) is 14.2. The van der Waals surface area contributed by atoms with Gasteiger partial charge in [0.15, 0.2) is 0 Å². The van der Waals surface area contributed by atoms with Gasteiger partial charge in [0.1, 0.15) is 29.2 Å². The van der Waals surface area contributed by atoms with Crippen molar-refractivity contribution in [3.63, 3.8) is 0 Å². The SMILES string of the molecule is O=C1CCc2cccc(c2)OCCCC[C@@H](C(=O)NCc2ccccc2F)NC(=O)[C@H](CCc2ccc(F)cc2)C1. The smallest absolute Gasteiger partial charge is 0.242 e. The third kappa shape index (κ3) is 9.52. The van der Waals surface area contributed by atoms with Gasteiger partial charge in [0, 0.05) is 30.9 Å². The molecule has 4 rings (SSSR count). The van der Waals surface area contributed by atoms with E-state index in [9.17, 15) is 23.2 Å². The fourth-order valence-corrected chi connectivity index (χ4v) is 4.92. The molecule has 3 aromatic carbocycles. The number of rotatable bonds is 6. The van der Waals surface area contributed by atoms with Gasteiger partial charge in [-0.25, -0.2) is 8.78 Å². The number of benzene rings is 3. The molecule has 0 saturated carbocycles. The van der Waals surface area contributed by atoms with Gasteiger partial charge in [0.2, 0.25) is 11.8 Å². The summed E-state index contributed by atoms with van der Waals surface area (Å²) in [5, 5.41) is 5.62. The van der Waals surface area contributed by atoms with E-state index in [0.29, 0.717) is 50.7 Å². The number of hydrogen-bond acceptors (Lipinski definition) is 4. The van der Waals surface area contributed by atoms with Crippen molar-refractivity contribution < 1.29 is 27.9 Å². The van der Waals surface area contributed by atoms with Gasteiger partial charge < -0.3 is 15.4 Å². The average molecular weight is 563 g/mol. The Morgan fingerprint density at radius 2 is 1.76 bits per heavy atom. The first-order valence-electron chi connectivity index (χ1n) is 14.2. The van der Waals surface area contributed by atoms with E-state index in [1.54, 1.807) is 30.3 Å². The summed E-state index contributed by atoms with van der Waals surface area (Å²) < 4.78 is 33.4. The van der Waals surface area contributed by atoms with Gasteiger partial charge in [-0.2, -0.15) is 0 Å². The van der Waals surface area contributed by atoms with Crippen LogP contribution in [-0.2, 0) is 33.8 Å². The lowest BCUT2D eigenvalue weighted by atomic mass is 9.91. The molecular formula is C33H36F2N2O4. The molecule has 6 nitrogen and oxygen atoms in total. The van der Waals surface area contributed by atoms with Crippen LogP contribution < -0.4 is 15.4 Å². The molecule has 1 aliphatic heterocycles. The zero-order valence-electron chi connectivity index (χ0n) is 23.0. The fourth-order valence-electron chi connectivity index (χ4n) is 4.92. The number of aryl methyl sites for hydroxylation is 2. The van der Waals surface area contributed by atoms with E-state index in [-0.39, 0.29) is 36.9 Å². The first-order chi connectivity index (χ1) is 19.9. The van der Waals surface area contributed by atoms with Crippen molar-refractivity contribution in [1.29, 1.82) is 0 Å². The molecule has 0 saturated heterocycles. The molecule has 1 aliphatic rings. The summed E-state index contributed by atoms with van der Waals surface area (Å²) in [6.45, 7) is 0.435. The van der Waals surface area contributed by atoms with Crippen molar-refractivity contribution in [1.82, 2.24) is 10.6 Å². The molecule has 0 fully saturated rings. The number of Topliss-reactive ketones (excluding diaryl/α,β-unsaturated/α-hetero) is 1. The van der Waals surface area contributed by atoms with E-state index in [1.807, 2.05) is 24.3 Å². The predicted octanol–water partition coefficient (Wildman–Crippen LogP) is 5.47. The van der Waals surface area contributed by atoms with Gasteiger partial charge in [0.05, 0.1) is 6.61 Å². The van der Waals surface area contributed by atoms with Crippen LogP contribution in [-0.4, -0.2) is 30.2 Å². The zero-order chi connectivity index (χ0) is 29.0. The van der Waals surface area contributed by atoms with E-state index in [1.165, 1.54) is 18.2 Å². The number of carbonyl (C=O) groups excluding carboxylic acids is 3. The van der Waals surface area contributed by atoms with Crippen LogP contribution in [0.2, 0.25) is 0 Å². The normalized spacial score (nSPS) is 18.7. The topological polar surface area (TPSA) is 84.5 Å². The molecule has 2 bridgehead atoms. The number of hydrogen-bond donors (Lipinski definition) is 2. The Balaban J connectivity index is 1.50. The molecule has 0 spiro atoms. The zero-order valence-corrected chi connectivity index (χ0v) is 23.0. The van der Waals surface area contributed by atoms with Crippen LogP contribution >= 0.6 is 0 Å². The highest BCUT2D eigenvalue weighted by atomic mass is 19.1. The summed E-state index contributed by atoms with van der Waals surface area (Å²) in [7, 11) is 0. The lowest BCUT2D eigenvalue weighted by Crippen LogP contribution is -2.48. The van der Waals surface area contributed by atoms with Crippen LogP contribution in [0.15, 0.2) is 72.8 Å². The molecule has 0 aliphatic carbocycles. The Morgan fingerprint density at radius 3 is 2.56 bits per heavy atom. The highest BCUT2D eigenvalue weighted by Crippen LogP contribution is 2.20. The van der Waals surface area contributed by atoms with Gasteiger partial charge in [-0.3, -0.25) is 14.4 Å². The monoisotopic (exact) mass is 562 g/mol. The number of ether oxygens (including phenoxy) is 1. The third-order valence-corrected chi connectivity index (χ3v) is 7.33. The summed E-state index contributed by atoms with van der Waals surface area (Å²) in [5.74, 6) is -1.54. The van der Waals surface area contributed by atoms with Crippen LogP contribution in [0.3, 0.4) is 0 Å². The number of amides is 2. The second kappa shape index (κ2) is 15.1. The minimum Gasteiger partial charge on any atom is -0.494 e. The molecule has 216 valence electrons. The van der Waals surface area contributed by atoms with E-state index in [4.69, 9.17) is 4.74 Å². The van der Waals surface area contributed by atoms with Gasteiger partial charge in [-0.05, 0) is 80.0 Å². The number of nitrogens with one attached hydrogen (secondary N) is 2. The number of ketones is 1. The Kier molecular flexibility index (Phi) is 11.0. The Morgan fingerprint density at radius 1 is 0.951 bits per heavy atom. The van der Waals surface area contributed by atoms with Crippen LogP contribution in [0.1, 0.15) is 55.2 Å². The van der Waals surface area contributed by atoms with Crippen molar-refractivity contribution >= 4 is 17.6 Å². The van der Waals surface area contributed by atoms with E-state index >= 15 is 0 Å². The van der Waals surface area contributed by atoms with Crippen LogP contribution in [0.4, 0.5) is 8.78 Å². The molecule has 0 unspecified atom stereocenters. The molecule has 2 atom stereocenters. The van der Waals surface area contributed by atoms with Gasteiger partial charge in [-0.1, -0.05) is 42.5 Å². The fraction of sp³-hybridized carbons (Fsp3) is 0.364. The molecule has 0 radical (unpaired) electrons. The second-order valence-corrected chi connectivity index (χ2v) is 10.5. The highest BCUT2D eigenvalue weighted by molar-refractivity contribution is 5.91. The lowest BCUT2D eigenvalue weighted by molar-refractivity contribution is -0.133. The average Bonchev–Trinajstić information content (AvgIpc) is 2.97. The second-order valence-electron chi connectivity index (χ2n) is 10.5. The number of carbonyl (C=O) groups is 3. The first kappa shape index (κ1) is 29.9. The van der Waals surface area contributed by atoms with Gasteiger partial charge in [-0.15, -0.1) is 0 Å². The summed E-state index contributed by atoms with van der Waals surface area (Å²) >= 11 is 0. The number of fused-ring (bicyclic) bond motifs is 2. The lowest BCUT2D eigenvalue weighted by Gasteiger charge is -2.23. The molecule has 3 aromatic rings. The van der Waals surface area contributed by atoms with Crippen LogP contribution in [0, 0.1) is 17.6 Å². The maximum absolute atomic E-state index is 14.1. The Hall–Kier alpha value is -4.07. The maximum atomic E-state index is 14.1. The summed E-state index contributed by atoms with van der Waals surface area (Å²) in [5.41, 5.74) is 2.19. The van der Waals surface area contributed by atoms with Crippen molar-refractivity contribution in [2.24, 2.45) is 5.92 Å². The third-order valence-electron chi connectivity index (χ3n) is 7.33. The molecule has 2 N–H and O–H groups in total. The van der Waals surface area contributed by atoms with E-state index in [2.05, 4.69) is 10.6 Å². The minimum absolute atomic E-state index is 0.0101. The van der Waals surface area contributed by atoms with Crippen molar-refractivity contribution in [2.45, 2.75) is 64.0 Å². The maximum Gasteiger partial charge on any atom is 0.242 e. The van der Waals surface area contributed by atoms with Crippen molar-refractivity contribution in [3.8, 4) is 5.75 Å². The predicted molar refractivity (Wildman–Crippen MR) is 152 cm³/mol. The Labute approximate surface area is 239 Å².